The van der Waals surface area contributed by atoms with E-state index in [0.717, 1.165) is 24.0 Å². The maximum absolute atomic E-state index is 3.50. The highest BCUT2D eigenvalue weighted by Gasteiger charge is 2.10. The molecular formula is C17H22BrNS. The topological polar surface area (TPSA) is 12.0 Å². The Labute approximate surface area is 134 Å². The molecule has 1 nitrogen and oxygen atoms in total. The largest absolute Gasteiger partial charge is 0.317 e. The highest BCUT2D eigenvalue weighted by atomic mass is 79.9. The van der Waals surface area contributed by atoms with E-state index in [9.17, 15) is 0 Å². The highest BCUT2D eigenvalue weighted by molar-refractivity contribution is 9.10. The minimum absolute atomic E-state index is 0.707. The molecule has 0 radical (unpaired) electrons. The maximum atomic E-state index is 3.50. The van der Waals surface area contributed by atoms with Crippen LogP contribution in [0.5, 0.6) is 0 Å². The van der Waals surface area contributed by atoms with Crippen molar-refractivity contribution in [2.75, 3.05) is 13.1 Å². The molecule has 1 unspecified atom stereocenters. The Morgan fingerprint density at radius 1 is 1.20 bits per heavy atom. The van der Waals surface area contributed by atoms with E-state index in [-0.39, 0.29) is 0 Å². The van der Waals surface area contributed by atoms with Crippen LogP contribution in [-0.4, -0.2) is 13.1 Å². The third-order valence-electron chi connectivity index (χ3n) is 3.50. The zero-order valence-corrected chi connectivity index (χ0v) is 14.3. The van der Waals surface area contributed by atoms with E-state index in [2.05, 4.69) is 69.9 Å². The fraction of sp³-hybridized carbons (Fsp3) is 0.412. The van der Waals surface area contributed by atoms with Crippen molar-refractivity contribution in [3.05, 3.63) is 56.7 Å². The van der Waals surface area contributed by atoms with Gasteiger partial charge in [0.05, 0.1) is 0 Å². The van der Waals surface area contributed by atoms with E-state index in [1.165, 1.54) is 23.3 Å². The lowest BCUT2D eigenvalue weighted by molar-refractivity contribution is 0.450. The van der Waals surface area contributed by atoms with Crippen molar-refractivity contribution in [2.45, 2.75) is 26.2 Å². The summed E-state index contributed by atoms with van der Waals surface area (Å²) in [5, 5.41) is 5.67. The van der Waals surface area contributed by atoms with Crippen molar-refractivity contribution in [2.24, 2.45) is 5.92 Å². The fourth-order valence-corrected chi connectivity index (χ4v) is 3.37. The van der Waals surface area contributed by atoms with Crippen molar-refractivity contribution in [1.29, 1.82) is 0 Å². The second kappa shape index (κ2) is 8.60. The quantitative estimate of drug-likeness (QED) is 0.712. The summed E-state index contributed by atoms with van der Waals surface area (Å²) >= 11 is 5.37. The van der Waals surface area contributed by atoms with Crippen molar-refractivity contribution in [3.63, 3.8) is 0 Å². The smallest absolute Gasteiger partial charge is 0.0175 e. The van der Waals surface area contributed by atoms with E-state index >= 15 is 0 Å². The summed E-state index contributed by atoms with van der Waals surface area (Å²) in [4.78, 5) is 1.50. The van der Waals surface area contributed by atoms with Crippen LogP contribution in [-0.2, 0) is 12.8 Å². The molecule has 0 spiro atoms. The van der Waals surface area contributed by atoms with Crippen molar-refractivity contribution >= 4 is 27.3 Å². The van der Waals surface area contributed by atoms with Gasteiger partial charge in [-0.25, -0.2) is 0 Å². The van der Waals surface area contributed by atoms with E-state index in [1.807, 2.05) is 11.3 Å². The van der Waals surface area contributed by atoms with Gasteiger partial charge in [-0.05, 0) is 67.4 Å². The van der Waals surface area contributed by atoms with Crippen LogP contribution in [0, 0.1) is 5.92 Å². The minimum atomic E-state index is 0.707. The number of hydrogen-bond acceptors (Lipinski definition) is 2. The predicted octanol–water partition coefficient (Wildman–Crippen LogP) is 4.91. The van der Waals surface area contributed by atoms with Gasteiger partial charge in [-0.2, -0.15) is 0 Å². The molecule has 2 rings (SSSR count). The normalized spacial score (nSPS) is 12.5. The van der Waals surface area contributed by atoms with Gasteiger partial charge < -0.3 is 5.32 Å². The zero-order valence-electron chi connectivity index (χ0n) is 11.9. The van der Waals surface area contributed by atoms with Crippen molar-refractivity contribution in [1.82, 2.24) is 5.32 Å². The molecule has 3 heteroatoms. The van der Waals surface area contributed by atoms with Crippen molar-refractivity contribution in [3.8, 4) is 0 Å². The van der Waals surface area contributed by atoms with Gasteiger partial charge in [0.15, 0.2) is 0 Å². The summed E-state index contributed by atoms with van der Waals surface area (Å²) in [6.45, 7) is 4.34. The molecule has 1 aromatic carbocycles. The number of benzene rings is 1. The molecule has 108 valence electrons. The first-order valence-corrected chi connectivity index (χ1v) is 8.92. The highest BCUT2D eigenvalue weighted by Crippen LogP contribution is 2.19. The third kappa shape index (κ3) is 5.39. The molecule has 0 bridgehead atoms. The SMILES string of the molecule is CCNCC(CCc1cccs1)Cc1ccc(Br)cc1. The van der Waals surface area contributed by atoms with Gasteiger partial charge in [-0.15, -0.1) is 11.3 Å². The van der Waals surface area contributed by atoms with Crippen LogP contribution < -0.4 is 5.32 Å². The summed E-state index contributed by atoms with van der Waals surface area (Å²) in [6.07, 6.45) is 3.61. The lowest BCUT2D eigenvalue weighted by Gasteiger charge is -2.17. The van der Waals surface area contributed by atoms with Crippen LogP contribution >= 0.6 is 27.3 Å². The predicted molar refractivity (Wildman–Crippen MR) is 92.5 cm³/mol. The lowest BCUT2D eigenvalue weighted by atomic mass is 9.94. The van der Waals surface area contributed by atoms with Gasteiger partial charge in [0.1, 0.15) is 0 Å². The molecule has 2 aromatic rings. The summed E-state index contributed by atoms with van der Waals surface area (Å²) < 4.78 is 1.16. The molecule has 1 aromatic heterocycles. The Morgan fingerprint density at radius 2 is 2.00 bits per heavy atom. The molecule has 0 aliphatic carbocycles. The molecule has 20 heavy (non-hydrogen) atoms. The van der Waals surface area contributed by atoms with E-state index in [1.54, 1.807) is 0 Å². The Kier molecular flexibility index (Phi) is 6.77. The van der Waals surface area contributed by atoms with Gasteiger partial charge in [0.2, 0.25) is 0 Å². The maximum Gasteiger partial charge on any atom is 0.0175 e. The Morgan fingerprint density at radius 3 is 2.65 bits per heavy atom. The van der Waals surface area contributed by atoms with Crippen LogP contribution in [0.3, 0.4) is 0 Å². The average Bonchev–Trinajstić information content (AvgIpc) is 2.97. The van der Waals surface area contributed by atoms with Crippen molar-refractivity contribution < 1.29 is 0 Å². The van der Waals surface area contributed by atoms with Gasteiger partial charge in [-0.3, -0.25) is 0 Å². The van der Waals surface area contributed by atoms with Crippen LogP contribution in [0.2, 0.25) is 0 Å². The second-order valence-corrected chi connectivity index (χ2v) is 7.07. The summed E-state index contributed by atoms with van der Waals surface area (Å²) in [7, 11) is 0. The van der Waals surface area contributed by atoms with E-state index in [4.69, 9.17) is 0 Å². The molecule has 1 heterocycles. The summed E-state index contributed by atoms with van der Waals surface area (Å²) in [5.74, 6) is 0.707. The third-order valence-corrected chi connectivity index (χ3v) is 4.96. The number of hydrogen-bond donors (Lipinski definition) is 1. The van der Waals surface area contributed by atoms with Crippen LogP contribution in [0.4, 0.5) is 0 Å². The molecule has 0 amide bonds. The molecule has 0 fully saturated rings. The molecule has 0 aliphatic rings. The van der Waals surface area contributed by atoms with Crippen LogP contribution in [0.15, 0.2) is 46.3 Å². The molecule has 0 aliphatic heterocycles. The zero-order chi connectivity index (χ0) is 14.2. The number of halogens is 1. The van der Waals surface area contributed by atoms with Crippen LogP contribution in [0.25, 0.3) is 0 Å². The minimum Gasteiger partial charge on any atom is -0.317 e. The number of aryl methyl sites for hydroxylation is 1. The van der Waals surface area contributed by atoms with Gasteiger partial charge >= 0.3 is 0 Å². The Hall–Kier alpha value is -0.640. The summed E-state index contributed by atoms with van der Waals surface area (Å²) in [5.41, 5.74) is 1.43. The molecule has 0 saturated heterocycles. The first-order chi connectivity index (χ1) is 9.78. The van der Waals surface area contributed by atoms with Gasteiger partial charge in [0.25, 0.3) is 0 Å². The number of rotatable bonds is 8. The van der Waals surface area contributed by atoms with Gasteiger partial charge in [0, 0.05) is 9.35 Å². The Bertz CT molecular complexity index is 478. The molecule has 0 saturated carbocycles. The molecule has 1 N–H and O–H groups in total. The monoisotopic (exact) mass is 351 g/mol. The summed E-state index contributed by atoms with van der Waals surface area (Å²) in [6, 6.07) is 13.1. The first kappa shape index (κ1) is 15.7. The molecule has 1 atom stereocenters. The number of thiophene rings is 1. The van der Waals surface area contributed by atoms with E-state index < -0.39 is 0 Å². The Balaban J connectivity index is 1.90. The standard InChI is InChI=1S/C17H22BrNS/c1-2-19-13-15(7-10-17-4-3-11-20-17)12-14-5-8-16(18)9-6-14/h3-6,8-9,11,15,19H,2,7,10,12-13H2,1H3. The van der Waals surface area contributed by atoms with E-state index in [0.29, 0.717) is 5.92 Å². The van der Waals surface area contributed by atoms with Crippen LogP contribution in [0.1, 0.15) is 23.8 Å². The van der Waals surface area contributed by atoms with Gasteiger partial charge in [-0.1, -0.05) is 41.1 Å². The molecular weight excluding hydrogens is 330 g/mol. The fourth-order valence-electron chi connectivity index (χ4n) is 2.38. The average molecular weight is 352 g/mol. The number of nitrogens with one attached hydrogen (secondary N) is 1. The second-order valence-electron chi connectivity index (χ2n) is 5.12. The first-order valence-electron chi connectivity index (χ1n) is 7.25. The lowest BCUT2D eigenvalue weighted by Crippen LogP contribution is -2.24.